The Morgan fingerprint density at radius 2 is 1.71 bits per heavy atom. The molecule has 1 aliphatic carbocycles. The molecule has 2 aliphatic rings. The van der Waals surface area contributed by atoms with Crippen LogP contribution in [-0.4, -0.2) is 18.3 Å². The molecule has 0 bridgehead atoms. The molecule has 0 atom stereocenters. The molecular weight excluding hydrogens is 220 g/mol. The monoisotopic (exact) mass is 237 g/mol. The predicted octanol–water partition coefficient (Wildman–Crippen LogP) is 2.77. The molecule has 0 unspecified atom stereocenters. The molecule has 1 saturated heterocycles. The smallest absolute Gasteiger partial charge is 0.398 e. The summed E-state index contributed by atoms with van der Waals surface area (Å²) < 4.78 is 25.1. The second kappa shape index (κ2) is 3.57. The van der Waals surface area contributed by atoms with Crippen LogP contribution >= 0.6 is 0 Å². The first-order chi connectivity index (χ1) is 7.71. The lowest BCUT2D eigenvalue weighted by Gasteiger charge is -2.32. The maximum absolute atomic E-state index is 14.0. The Bertz CT molecular complexity index is 391. The minimum Gasteiger partial charge on any atom is -0.398 e. The van der Waals surface area contributed by atoms with Gasteiger partial charge in [0.2, 0.25) is 0 Å². The van der Waals surface area contributed by atoms with Gasteiger partial charge in [-0.3, -0.25) is 0 Å². The average Bonchev–Trinajstić information content (AvgIpc) is 2.91. The molecule has 0 aromatic rings. The normalized spacial score (nSPS) is 28.9. The third kappa shape index (κ3) is 2.12. The molecule has 2 fully saturated rings. The number of allylic oxidation sites excluding steroid dienone is 1. The first-order valence-electron chi connectivity index (χ1n) is 5.87. The number of rotatable bonds is 2. The second-order valence-corrected chi connectivity index (χ2v) is 5.89. The van der Waals surface area contributed by atoms with Crippen LogP contribution in [0.25, 0.3) is 0 Å². The summed E-state index contributed by atoms with van der Waals surface area (Å²) in [6.45, 7) is 7.49. The standard InChI is InChI=1S/C12H17BFNO2/c1-10(2)11(3,4)17-13(16-10)9(14)7-12(8-15)5-6-12/h7H,5-6H2,1-4H3. The molecule has 1 saturated carbocycles. The average molecular weight is 237 g/mol. The highest BCUT2D eigenvalue weighted by Gasteiger charge is 2.54. The van der Waals surface area contributed by atoms with Gasteiger partial charge in [0.15, 0.2) is 0 Å². The van der Waals surface area contributed by atoms with Gasteiger partial charge < -0.3 is 9.31 Å². The van der Waals surface area contributed by atoms with Crippen molar-refractivity contribution < 1.29 is 13.7 Å². The highest BCUT2D eigenvalue weighted by Crippen LogP contribution is 2.48. The maximum Gasteiger partial charge on any atom is 0.524 e. The van der Waals surface area contributed by atoms with Crippen molar-refractivity contribution in [3.8, 4) is 6.07 Å². The van der Waals surface area contributed by atoms with Crippen LogP contribution in [0.2, 0.25) is 0 Å². The molecule has 3 nitrogen and oxygen atoms in total. The molecule has 17 heavy (non-hydrogen) atoms. The summed E-state index contributed by atoms with van der Waals surface area (Å²) in [5.74, 6) is 0. The Kier molecular flexibility index (Phi) is 2.64. The van der Waals surface area contributed by atoms with Gasteiger partial charge in [-0.25, -0.2) is 4.39 Å². The van der Waals surface area contributed by atoms with Gasteiger partial charge in [-0.2, -0.15) is 5.26 Å². The molecule has 1 aliphatic heterocycles. The summed E-state index contributed by atoms with van der Waals surface area (Å²) >= 11 is 0. The Hall–Kier alpha value is -0.855. The van der Waals surface area contributed by atoms with Crippen molar-refractivity contribution >= 4 is 7.12 Å². The van der Waals surface area contributed by atoms with E-state index in [2.05, 4.69) is 6.07 Å². The van der Waals surface area contributed by atoms with Crippen molar-refractivity contribution in [2.45, 2.75) is 51.7 Å². The van der Waals surface area contributed by atoms with E-state index in [-0.39, 0.29) is 0 Å². The van der Waals surface area contributed by atoms with Gasteiger partial charge in [0.05, 0.1) is 22.7 Å². The van der Waals surface area contributed by atoms with Crippen LogP contribution < -0.4 is 0 Å². The lowest BCUT2D eigenvalue weighted by molar-refractivity contribution is 0.00578. The quantitative estimate of drug-likeness (QED) is 0.693. The summed E-state index contributed by atoms with van der Waals surface area (Å²) in [5.41, 5.74) is -2.20. The van der Waals surface area contributed by atoms with Crippen LogP contribution in [0.4, 0.5) is 4.39 Å². The lowest BCUT2D eigenvalue weighted by Crippen LogP contribution is -2.41. The van der Waals surface area contributed by atoms with Crippen molar-refractivity contribution in [2.75, 3.05) is 0 Å². The van der Waals surface area contributed by atoms with E-state index in [4.69, 9.17) is 14.6 Å². The van der Waals surface area contributed by atoms with E-state index < -0.39 is 29.5 Å². The highest BCUT2D eigenvalue weighted by atomic mass is 19.1. The van der Waals surface area contributed by atoms with Crippen molar-refractivity contribution in [3.63, 3.8) is 0 Å². The van der Waals surface area contributed by atoms with Gasteiger partial charge in [-0.15, -0.1) is 0 Å². The second-order valence-electron chi connectivity index (χ2n) is 5.89. The van der Waals surface area contributed by atoms with Crippen LogP contribution in [0, 0.1) is 16.7 Å². The molecule has 2 rings (SSSR count). The number of nitrogens with zero attached hydrogens (tertiary/aromatic N) is 1. The van der Waals surface area contributed by atoms with Gasteiger partial charge in [-0.1, -0.05) is 0 Å². The van der Waals surface area contributed by atoms with Crippen molar-refractivity contribution in [2.24, 2.45) is 5.41 Å². The molecule has 0 aromatic carbocycles. The van der Waals surface area contributed by atoms with E-state index >= 15 is 0 Å². The zero-order valence-electron chi connectivity index (χ0n) is 10.7. The molecule has 0 N–H and O–H groups in total. The minimum absolute atomic E-state index is 0.484. The minimum atomic E-state index is -0.981. The fourth-order valence-electron chi connectivity index (χ4n) is 1.71. The molecule has 1 heterocycles. The van der Waals surface area contributed by atoms with Crippen LogP contribution in [0.1, 0.15) is 40.5 Å². The maximum atomic E-state index is 14.0. The fraction of sp³-hybridized carbons (Fsp3) is 0.750. The molecule has 0 aromatic heterocycles. The molecule has 0 spiro atoms. The number of hydrogen-bond donors (Lipinski definition) is 0. The zero-order valence-corrected chi connectivity index (χ0v) is 10.7. The van der Waals surface area contributed by atoms with Crippen LogP contribution in [0.5, 0.6) is 0 Å². The summed E-state index contributed by atoms with van der Waals surface area (Å²) in [6.07, 6.45) is 2.79. The van der Waals surface area contributed by atoms with Crippen molar-refractivity contribution in [1.82, 2.24) is 0 Å². The molecule has 5 heteroatoms. The van der Waals surface area contributed by atoms with Crippen LogP contribution in [-0.2, 0) is 9.31 Å². The van der Waals surface area contributed by atoms with E-state index in [9.17, 15) is 4.39 Å². The van der Waals surface area contributed by atoms with Gasteiger partial charge in [0, 0.05) is 0 Å². The molecule has 0 radical (unpaired) electrons. The zero-order chi connectivity index (χ0) is 12.9. The van der Waals surface area contributed by atoms with Gasteiger partial charge >= 0.3 is 7.12 Å². The van der Waals surface area contributed by atoms with Crippen LogP contribution in [0.15, 0.2) is 11.8 Å². The predicted molar refractivity (Wildman–Crippen MR) is 62.6 cm³/mol. The number of halogens is 1. The van der Waals surface area contributed by atoms with Gasteiger partial charge in [-0.05, 0) is 46.6 Å². The topological polar surface area (TPSA) is 42.2 Å². The molecular formula is C12H17BFNO2. The van der Waals surface area contributed by atoms with Gasteiger partial charge in [0.1, 0.15) is 5.73 Å². The van der Waals surface area contributed by atoms with Crippen molar-refractivity contribution in [3.05, 3.63) is 11.8 Å². The molecule has 0 amide bonds. The van der Waals surface area contributed by atoms with E-state index in [1.165, 1.54) is 6.08 Å². The van der Waals surface area contributed by atoms with E-state index in [0.29, 0.717) is 0 Å². The lowest BCUT2D eigenvalue weighted by atomic mass is 9.85. The Morgan fingerprint density at radius 1 is 1.24 bits per heavy atom. The van der Waals surface area contributed by atoms with E-state index in [1.54, 1.807) is 0 Å². The van der Waals surface area contributed by atoms with E-state index in [0.717, 1.165) is 12.8 Å². The summed E-state index contributed by atoms with van der Waals surface area (Å²) in [7, 11) is -0.981. The SMILES string of the molecule is CC1(C)OB(C(F)=CC2(C#N)CC2)OC1(C)C. The highest BCUT2D eigenvalue weighted by molar-refractivity contribution is 6.53. The summed E-state index contributed by atoms with van der Waals surface area (Å²) in [4.78, 5) is 0. The Balaban J connectivity index is 2.14. The molecule has 92 valence electrons. The Labute approximate surface area is 102 Å². The summed E-state index contributed by atoms with van der Waals surface area (Å²) in [6, 6.07) is 2.12. The first kappa shape index (κ1) is 12.6. The Morgan fingerprint density at radius 3 is 2.06 bits per heavy atom. The van der Waals surface area contributed by atoms with Gasteiger partial charge in [0.25, 0.3) is 0 Å². The van der Waals surface area contributed by atoms with Crippen molar-refractivity contribution in [1.29, 1.82) is 5.26 Å². The largest absolute Gasteiger partial charge is 0.524 e. The third-order valence-electron chi connectivity index (χ3n) is 3.90. The summed E-state index contributed by atoms with van der Waals surface area (Å²) in [5, 5.41) is 8.91. The van der Waals surface area contributed by atoms with Crippen LogP contribution in [0.3, 0.4) is 0 Å². The first-order valence-corrected chi connectivity index (χ1v) is 5.87. The third-order valence-corrected chi connectivity index (χ3v) is 3.90. The van der Waals surface area contributed by atoms with E-state index in [1.807, 2.05) is 27.7 Å². The number of hydrogen-bond acceptors (Lipinski definition) is 3. The number of nitriles is 1. The fourth-order valence-corrected chi connectivity index (χ4v) is 1.71.